The maximum Gasteiger partial charge on any atom is 0.341 e. The molecule has 2 rings (SSSR count). The lowest BCUT2D eigenvalue weighted by Crippen LogP contribution is -2.38. The second-order valence-electron chi connectivity index (χ2n) is 5.96. The molecule has 27 heavy (non-hydrogen) atoms. The molecule has 150 valence electrons. The Morgan fingerprint density at radius 2 is 2.15 bits per heavy atom. The zero-order chi connectivity index (χ0) is 19.3. The lowest BCUT2D eigenvalue weighted by atomic mass is 10.2. The van der Waals surface area contributed by atoms with Gasteiger partial charge in [-0.2, -0.15) is 0 Å². The number of aromatic nitrogens is 1. The van der Waals surface area contributed by atoms with Crippen molar-refractivity contribution in [3.05, 3.63) is 46.1 Å². The molecular weight excluding hydrogens is 483 g/mol. The van der Waals surface area contributed by atoms with Crippen molar-refractivity contribution in [1.29, 1.82) is 0 Å². The van der Waals surface area contributed by atoms with E-state index in [9.17, 15) is 4.79 Å². The minimum atomic E-state index is -0.411. The number of furan rings is 1. The zero-order valence-corrected chi connectivity index (χ0v) is 19.3. The van der Waals surface area contributed by atoms with E-state index in [2.05, 4.69) is 10.3 Å². The average molecular weight is 509 g/mol. The van der Waals surface area contributed by atoms with Crippen LogP contribution in [0.5, 0.6) is 0 Å². The highest BCUT2D eigenvalue weighted by atomic mass is 127. The molecule has 2 heterocycles. The Hall–Kier alpha value is -1.68. The van der Waals surface area contributed by atoms with Gasteiger partial charge in [-0.05, 0) is 26.0 Å². The first kappa shape index (κ1) is 23.4. The highest BCUT2D eigenvalue weighted by Gasteiger charge is 2.16. The van der Waals surface area contributed by atoms with Crippen molar-refractivity contribution in [1.82, 2.24) is 14.8 Å². The number of hydrogen-bond donors (Lipinski definition) is 1. The molecular formula is C18H26ClIN4O3. The van der Waals surface area contributed by atoms with Crippen LogP contribution in [0, 0.1) is 6.92 Å². The molecule has 0 unspecified atom stereocenters. The molecule has 0 fully saturated rings. The number of nitrogens with one attached hydrogen (secondary N) is 1. The van der Waals surface area contributed by atoms with Crippen LogP contribution in [0.4, 0.5) is 0 Å². The quantitative estimate of drug-likeness (QED) is 0.279. The Bertz CT molecular complexity index is 801. The van der Waals surface area contributed by atoms with E-state index in [1.54, 1.807) is 13.0 Å². The monoisotopic (exact) mass is 508 g/mol. The maximum atomic E-state index is 11.7. The standard InChI is InChI=1S/C18H25ClN4O3.HI/c1-6-20-18(23(4)11-14-7-13(19)10-22(14)3)21-9-15-8-16(12(2)26-15)17(24)25-5;/h7-8,10H,6,9,11H2,1-5H3,(H,20,21);1H. The molecule has 9 heteroatoms. The van der Waals surface area contributed by atoms with Crippen LogP contribution in [-0.4, -0.2) is 42.1 Å². The summed E-state index contributed by atoms with van der Waals surface area (Å²) in [4.78, 5) is 18.3. The van der Waals surface area contributed by atoms with Gasteiger partial charge in [0.1, 0.15) is 23.6 Å². The van der Waals surface area contributed by atoms with Crippen molar-refractivity contribution in [3.8, 4) is 0 Å². The van der Waals surface area contributed by atoms with E-state index in [1.165, 1.54) is 7.11 Å². The molecule has 0 amide bonds. The maximum absolute atomic E-state index is 11.7. The number of aliphatic imine (C=N–C) groups is 1. The topological polar surface area (TPSA) is 72.0 Å². The molecule has 0 aliphatic carbocycles. The number of nitrogens with zero attached hydrogens (tertiary/aromatic N) is 3. The molecule has 1 N–H and O–H groups in total. The predicted molar refractivity (Wildman–Crippen MR) is 117 cm³/mol. The van der Waals surface area contributed by atoms with Gasteiger partial charge in [0.25, 0.3) is 0 Å². The third-order valence-corrected chi connectivity index (χ3v) is 4.14. The number of rotatable bonds is 6. The summed E-state index contributed by atoms with van der Waals surface area (Å²) in [7, 11) is 5.26. The van der Waals surface area contributed by atoms with Gasteiger partial charge in [-0.15, -0.1) is 24.0 Å². The van der Waals surface area contributed by atoms with Gasteiger partial charge in [-0.3, -0.25) is 0 Å². The van der Waals surface area contributed by atoms with Crippen LogP contribution in [0.15, 0.2) is 27.7 Å². The first-order valence-electron chi connectivity index (χ1n) is 8.33. The number of methoxy groups -OCH3 is 1. The van der Waals surface area contributed by atoms with Crippen LogP contribution in [-0.2, 0) is 24.9 Å². The largest absolute Gasteiger partial charge is 0.465 e. The molecule has 0 saturated carbocycles. The summed E-state index contributed by atoms with van der Waals surface area (Å²) in [6, 6.07) is 3.60. The van der Waals surface area contributed by atoms with Crippen molar-refractivity contribution in [2.24, 2.45) is 12.0 Å². The van der Waals surface area contributed by atoms with E-state index in [0.717, 1.165) is 18.2 Å². The van der Waals surface area contributed by atoms with Crippen LogP contribution in [0.3, 0.4) is 0 Å². The molecule has 0 saturated heterocycles. The van der Waals surface area contributed by atoms with Gasteiger partial charge in [0.05, 0.1) is 18.7 Å². The predicted octanol–water partition coefficient (Wildman–Crippen LogP) is 3.58. The van der Waals surface area contributed by atoms with Gasteiger partial charge >= 0.3 is 5.97 Å². The normalized spacial score (nSPS) is 11.1. The molecule has 0 atom stereocenters. The number of esters is 1. The van der Waals surface area contributed by atoms with Crippen LogP contribution in [0.25, 0.3) is 0 Å². The number of carbonyl (C=O) groups excluding carboxylic acids is 1. The average Bonchev–Trinajstić information content (AvgIpc) is 3.12. The summed E-state index contributed by atoms with van der Waals surface area (Å²) in [5.74, 6) is 1.46. The Kier molecular flexibility index (Phi) is 9.17. The third kappa shape index (κ3) is 6.17. The van der Waals surface area contributed by atoms with E-state index in [4.69, 9.17) is 20.8 Å². The molecule has 0 spiro atoms. The van der Waals surface area contributed by atoms with E-state index in [-0.39, 0.29) is 24.0 Å². The second kappa shape index (κ2) is 10.6. The number of halogens is 2. The second-order valence-corrected chi connectivity index (χ2v) is 6.40. The fourth-order valence-corrected chi connectivity index (χ4v) is 2.87. The molecule has 0 radical (unpaired) electrons. The highest BCUT2D eigenvalue weighted by Crippen LogP contribution is 2.17. The Balaban J connectivity index is 0.00000364. The fraction of sp³-hybridized carbons (Fsp3) is 0.444. The lowest BCUT2D eigenvalue weighted by Gasteiger charge is -2.22. The lowest BCUT2D eigenvalue weighted by molar-refractivity contribution is 0.0599. The van der Waals surface area contributed by atoms with E-state index >= 15 is 0 Å². The Morgan fingerprint density at radius 3 is 2.70 bits per heavy atom. The third-order valence-electron chi connectivity index (χ3n) is 3.93. The van der Waals surface area contributed by atoms with Crippen molar-refractivity contribution in [3.63, 3.8) is 0 Å². The van der Waals surface area contributed by atoms with Gasteiger partial charge in [0.2, 0.25) is 0 Å². The number of guanidine groups is 1. The van der Waals surface area contributed by atoms with Crippen molar-refractivity contribution < 1.29 is 13.9 Å². The minimum absolute atomic E-state index is 0. The molecule has 0 aliphatic rings. The Labute approximate surface area is 181 Å². The van der Waals surface area contributed by atoms with Crippen LogP contribution in [0.1, 0.15) is 34.5 Å². The highest BCUT2D eigenvalue weighted by molar-refractivity contribution is 14.0. The smallest absolute Gasteiger partial charge is 0.341 e. The minimum Gasteiger partial charge on any atom is -0.465 e. The summed E-state index contributed by atoms with van der Waals surface area (Å²) in [6.45, 7) is 5.45. The van der Waals surface area contributed by atoms with Crippen LogP contribution < -0.4 is 5.32 Å². The van der Waals surface area contributed by atoms with Crippen molar-refractivity contribution >= 4 is 47.5 Å². The van der Waals surface area contributed by atoms with Gasteiger partial charge in [0, 0.05) is 32.5 Å². The molecule has 0 aromatic carbocycles. The summed E-state index contributed by atoms with van der Waals surface area (Å²) >= 11 is 6.05. The molecule has 0 aliphatic heterocycles. The fourth-order valence-electron chi connectivity index (χ4n) is 2.60. The number of ether oxygens (including phenoxy) is 1. The first-order chi connectivity index (χ1) is 12.3. The number of aryl methyl sites for hydroxylation is 2. The summed E-state index contributed by atoms with van der Waals surface area (Å²) in [6.07, 6.45) is 1.87. The molecule has 2 aromatic rings. The molecule has 0 bridgehead atoms. The summed E-state index contributed by atoms with van der Waals surface area (Å²) in [5.41, 5.74) is 1.50. The first-order valence-corrected chi connectivity index (χ1v) is 8.71. The number of hydrogen-bond acceptors (Lipinski definition) is 4. The summed E-state index contributed by atoms with van der Waals surface area (Å²) < 4.78 is 12.3. The number of carbonyl (C=O) groups is 1. The van der Waals surface area contributed by atoms with Crippen LogP contribution in [0.2, 0.25) is 5.02 Å². The van der Waals surface area contributed by atoms with E-state index in [1.807, 2.05) is 42.7 Å². The molecule has 7 nitrogen and oxygen atoms in total. The van der Waals surface area contributed by atoms with Crippen LogP contribution >= 0.6 is 35.6 Å². The van der Waals surface area contributed by atoms with Crippen molar-refractivity contribution in [2.75, 3.05) is 20.7 Å². The van der Waals surface area contributed by atoms with E-state index < -0.39 is 5.97 Å². The summed E-state index contributed by atoms with van der Waals surface area (Å²) in [5, 5.41) is 3.96. The Morgan fingerprint density at radius 1 is 1.44 bits per heavy atom. The van der Waals surface area contributed by atoms with Gasteiger partial charge in [-0.1, -0.05) is 11.6 Å². The molecule has 2 aromatic heterocycles. The zero-order valence-electron chi connectivity index (χ0n) is 16.2. The van der Waals surface area contributed by atoms with E-state index in [0.29, 0.717) is 35.2 Å². The van der Waals surface area contributed by atoms with Crippen molar-refractivity contribution in [2.45, 2.75) is 26.9 Å². The van der Waals surface area contributed by atoms with Gasteiger partial charge in [0.15, 0.2) is 5.96 Å². The SMILES string of the molecule is CCNC(=NCc1cc(C(=O)OC)c(C)o1)N(C)Cc1cc(Cl)cn1C.I. The van der Waals surface area contributed by atoms with Gasteiger partial charge < -0.3 is 23.9 Å². The van der Waals surface area contributed by atoms with Gasteiger partial charge in [-0.25, -0.2) is 9.79 Å².